The summed E-state index contributed by atoms with van der Waals surface area (Å²) < 4.78 is 0. The molecule has 5 N–H and O–H groups in total. The lowest BCUT2D eigenvalue weighted by Gasteiger charge is -2.27. The second kappa shape index (κ2) is 44.4. The Morgan fingerprint density at radius 2 is 0.618 bits per heavy atom. The molecule has 4 atom stereocenters. The number of hydrogen-bond donors (Lipinski definition) is 5. The normalized spacial score (nSPS) is 13.9. The third-order valence-corrected chi connectivity index (χ3v) is 12.1. The molecule has 6 nitrogen and oxygen atoms in total. The fraction of sp³-hybridized carbons (Fsp3) is 0.980. The summed E-state index contributed by atoms with van der Waals surface area (Å²) in [6, 6.07) is -0.979. The molecule has 0 aliphatic carbocycles. The number of amides is 1. The topological polar surface area (TPSA) is 110 Å². The van der Waals surface area contributed by atoms with Crippen LogP contribution in [0.1, 0.15) is 277 Å². The van der Waals surface area contributed by atoms with E-state index >= 15 is 0 Å². The lowest BCUT2D eigenvalue weighted by molar-refractivity contribution is -0.132. The van der Waals surface area contributed by atoms with E-state index in [2.05, 4.69) is 19.2 Å². The van der Waals surface area contributed by atoms with Crippen LogP contribution in [-0.2, 0) is 4.79 Å². The zero-order valence-electron chi connectivity index (χ0n) is 37.2. The van der Waals surface area contributed by atoms with Crippen molar-refractivity contribution in [3.05, 3.63) is 0 Å². The Kier molecular flexibility index (Phi) is 43.9. The van der Waals surface area contributed by atoms with Crippen LogP contribution in [0, 0.1) is 0 Å². The molecule has 0 aromatic carbocycles. The number of carbonyl (C=O) groups is 1. The first-order valence-electron chi connectivity index (χ1n) is 24.9. The van der Waals surface area contributed by atoms with E-state index in [-0.39, 0.29) is 0 Å². The van der Waals surface area contributed by atoms with Crippen LogP contribution in [0.15, 0.2) is 0 Å². The fourth-order valence-corrected chi connectivity index (χ4v) is 8.11. The smallest absolute Gasteiger partial charge is 0.249 e. The minimum atomic E-state index is -1.25. The second-order valence-corrected chi connectivity index (χ2v) is 17.5. The molecule has 330 valence electrons. The molecule has 0 spiro atoms. The Morgan fingerprint density at radius 1 is 0.382 bits per heavy atom. The molecular formula is C49H99NO5. The molecular weight excluding hydrogens is 683 g/mol. The summed E-state index contributed by atoms with van der Waals surface area (Å²) in [5.74, 6) is -0.578. The predicted octanol–water partition coefficient (Wildman–Crippen LogP) is 13.6. The van der Waals surface area contributed by atoms with Gasteiger partial charge in [0.2, 0.25) is 5.91 Å². The van der Waals surface area contributed by atoms with Gasteiger partial charge in [0, 0.05) is 0 Å². The Bertz CT molecular complexity index is 751. The molecule has 0 heterocycles. The van der Waals surface area contributed by atoms with Crippen molar-refractivity contribution in [1.29, 1.82) is 0 Å². The lowest BCUT2D eigenvalue weighted by Crippen LogP contribution is -2.53. The number of aliphatic hydroxyl groups excluding tert-OH is 4. The van der Waals surface area contributed by atoms with Crippen LogP contribution in [0.4, 0.5) is 0 Å². The summed E-state index contributed by atoms with van der Waals surface area (Å²) >= 11 is 0. The van der Waals surface area contributed by atoms with Gasteiger partial charge in [0.25, 0.3) is 0 Å². The number of carbonyl (C=O) groups excluding carboxylic acids is 1. The summed E-state index contributed by atoms with van der Waals surface area (Å²) in [7, 11) is 0. The minimum absolute atomic E-state index is 0.376. The molecule has 0 aromatic rings. The monoisotopic (exact) mass is 782 g/mol. The van der Waals surface area contributed by atoms with Crippen molar-refractivity contribution in [3.8, 4) is 0 Å². The zero-order valence-corrected chi connectivity index (χ0v) is 37.2. The molecule has 0 aromatic heterocycles. The van der Waals surface area contributed by atoms with Crippen LogP contribution in [0.3, 0.4) is 0 Å². The van der Waals surface area contributed by atoms with Gasteiger partial charge >= 0.3 is 0 Å². The van der Waals surface area contributed by atoms with Gasteiger partial charge in [-0.1, -0.05) is 264 Å². The van der Waals surface area contributed by atoms with Crippen LogP contribution in [0.5, 0.6) is 0 Å². The van der Waals surface area contributed by atoms with Gasteiger partial charge in [-0.3, -0.25) is 4.79 Å². The highest BCUT2D eigenvalue weighted by atomic mass is 16.3. The highest BCUT2D eigenvalue weighted by Gasteiger charge is 2.28. The van der Waals surface area contributed by atoms with Crippen molar-refractivity contribution in [2.24, 2.45) is 0 Å². The predicted molar refractivity (Wildman–Crippen MR) is 238 cm³/mol. The van der Waals surface area contributed by atoms with Gasteiger partial charge in [-0.15, -0.1) is 0 Å². The zero-order chi connectivity index (χ0) is 40.3. The molecule has 0 bridgehead atoms. The maximum absolute atomic E-state index is 12.5. The minimum Gasteiger partial charge on any atom is -0.394 e. The van der Waals surface area contributed by atoms with Gasteiger partial charge in [-0.25, -0.2) is 0 Å². The Labute approximate surface area is 343 Å². The molecule has 0 radical (unpaired) electrons. The van der Waals surface area contributed by atoms with E-state index in [0.717, 1.165) is 38.5 Å². The van der Waals surface area contributed by atoms with Crippen LogP contribution in [-0.4, -0.2) is 57.3 Å². The Morgan fingerprint density at radius 3 is 0.873 bits per heavy atom. The largest absolute Gasteiger partial charge is 0.394 e. The van der Waals surface area contributed by atoms with Crippen molar-refractivity contribution < 1.29 is 25.2 Å². The van der Waals surface area contributed by atoms with E-state index in [9.17, 15) is 25.2 Å². The molecule has 1 amide bonds. The van der Waals surface area contributed by atoms with E-state index in [0.29, 0.717) is 12.8 Å². The molecule has 55 heavy (non-hydrogen) atoms. The fourth-order valence-electron chi connectivity index (χ4n) is 8.11. The number of nitrogens with one attached hydrogen (secondary N) is 1. The molecule has 0 fully saturated rings. The molecule has 0 rings (SSSR count). The van der Waals surface area contributed by atoms with Crippen LogP contribution < -0.4 is 5.32 Å². The van der Waals surface area contributed by atoms with Gasteiger partial charge in [-0.05, 0) is 12.8 Å². The first kappa shape index (κ1) is 54.3. The molecule has 0 aliphatic heterocycles. The number of hydrogen-bond acceptors (Lipinski definition) is 5. The van der Waals surface area contributed by atoms with Gasteiger partial charge in [0.1, 0.15) is 12.2 Å². The Balaban J connectivity index is 3.63. The molecule has 6 heteroatoms. The second-order valence-electron chi connectivity index (χ2n) is 17.5. The van der Waals surface area contributed by atoms with E-state index in [1.165, 1.54) is 212 Å². The third kappa shape index (κ3) is 38.6. The van der Waals surface area contributed by atoms with Crippen LogP contribution in [0.2, 0.25) is 0 Å². The average Bonchev–Trinajstić information content (AvgIpc) is 3.19. The maximum Gasteiger partial charge on any atom is 0.249 e. The third-order valence-electron chi connectivity index (χ3n) is 12.1. The van der Waals surface area contributed by atoms with E-state index in [4.69, 9.17) is 0 Å². The first-order valence-corrected chi connectivity index (χ1v) is 24.9. The lowest BCUT2D eigenvalue weighted by atomic mass is 9.99. The van der Waals surface area contributed by atoms with Crippen molar-refractivity contribution >= 4 is 5.91 Å². The van der Waals surface area contributed by atoms with E-state index in [1.54, 1.807) is 0 Å². The number of rotatable bonds is 46. The number of unbranched alkanes of at least 4 members (excludes halogenated alkanes) is 37. The highest BCUT2D eigenvalue weighted by Crippen LogP contribution is 2.18. The molecule has 0 saturated carbocycles. The van der Waals surface area contributed by atoms with E-state index < -0.39 is 36.9 Å². The van der Waals surface area contributed by atoms with Gasteiger partial charge in [-0.2, -0.15) is 0 Å². The van der Waals surface area contributed by atoms with Crippen molar-refractivity contribution in [2.45, 2.75) is 301 Å². The summed E-state index contributed by atoms with van der Waals surface area (Å²) in [6.45, 7) is 4.08. The maximum atomic E-state index is 12.5. The summed E-state index contributed by atoms with van der Waals surface area (Å²) in [5.41, 5.74) is 0. The highest BCUT2D eigenvalue weighted by molar-refractivity contribution is 5.80. The van der Waals surface area contributed by atoms with Crippen molar-refractivity contribution in [1.82, 2.24) is 5.32 Å². The van der Waals surface area contributed by atoms with Gasteiger partial charge in [0.05, 0.1) is 18.8 Å². The van der Waals surface area contributed by atoms with E-state index in [1.807, 2.05) is 0 Å². The molecule has 0 aliphatic rings. The quantitative estimate of drug-likeness (QED) is 0.0395. The van der Waals surface area contributed by atoms with Crippen LogP contribution in [0.25, 0.3) is 0 Å². The summed E-state index contributed by atoms with van der Waals surface area (Å²) in [5, 5.41) is 43.8. The average molecular weight is 782 g/mol. The summed E-state index contributed by atoms with van der Waals surface area (Å²) in [6.07, 6.45) is 48.6. The number of aliphatic hydroxyl groups is 4. The first-order chi connectivity index (χ1) is 27.0. The molecule has 0 saturated heterocycles. The standard InChI is InChI=1S/C49H99NO5/c1-3-5-7-9-11-13-15-17-19-21-22-23-24-25-26-27-29-30-32-34-36-38-40-42-46(52)48(54)45(44-51)50-49(55)47(53)43-41-39-37-35-33-31-28-20-18-16-14-12-10-8-6-4-2/h45-48,51-54H,3-44H2,1-2H3,(H,50,55). The van der Waals surface area contributed by atoms with Crippen LogP contribution >= 0.6 is 0 Å². The Hall–Kier alpha value is -0.690. The summed E-state index contributed by atoms with van der Waals surface area (Å²) in [4.78, 5) is 12.5. The van der Waals surface area contributed by atoms with Gasteiger partial charge in [0.15, 0.2) is 0 Å². The van der Waals surface area contributed by atoms with Gasteiger partial charge < -0.3 is 25.7 Å². The van der Waals surface area contributed by atoms with Crippen molar-refractivity contribution in [3.63, 3.8) is 0 Å². The van der Waals surface area contributed by atoms with Crippen molar-refractivity contribution in [2.75, 3.05) is 6.61 Å². The molecule has 4 unspecified atom stereocenters. The SMILES string of the molecule is CCCCCCCCCCCCCCCCCCCCCCCCCC(O)C(O)C(CO)NC(=O)C(O)CCCCCCCCCCCCCCCCCC.